The van der Waals surface area contributed by atoms with E-state index >= 15 is 0 Å². The van der Waals surface area contributed by atoms with E-state index in [2.05, 4.69) is 10.3 Å². The van der Waals surface area contributed by atoms with Crippen molar-refractivity contribution in [2.24, 2.45) is 0 Å². The van der Waals surface area contributed by atoms with E-state index in [1.165, 1.54) is 12.1 Å². The number of hydrogen-bond donors (Lipinski definition) is 1. The maximum absolute atomic E-state index is 13.7. The number of ether oxygens (including phenoxy) is 1. The average molecular weight is 309 g/mol. The van der Waals surface area contributed by atoms with E-state index in [0.29, 0.717) is 22.9 Å². The molecule has 0 fully saturated rings. The molecular weight excluding hydrogens is 291 g/mol. The van der Waals surface area contributed by atoms with Crippen molar-refractivity contribution in [1.29, 1.82) is 0 Å². The van der Waals surface area contributed by atoms with Crippen LogP contribution in [0.5, 0.6) is 5.75 Å². The second kappa shape index (κ2) is 7.38. The highest BCUT2D eigenvalue weighted by atomic mass is 35.5. The van der Waals surface area contributed by atoms with Gasteiger partial charge < -0.3 is 10.1 Å². The fraction of sp³-hybridized carbons (Fsp3) is 0.312. The molecule has 2 rings (SSSR count). The molecule has 21 heavy (non-hydrogen) atoms. The Bertz CT molecular complexity index is 619. The highest BCUT2D eigenvalue weighted by Gasteiger charge is 2.08. The van der Waals surface area contributed by atoms with Crippen molar-refractivity contribution >= 4 is 11.6 Å². The van der Waals surface area contributed by atoms with E-state index in [9.17, 15) is 4.39 Å². The van der Waals surface area contributed by atoms with E-state index in [0.717, 1.165) is 17.9 Å². The molecule has 0 atom stereocenters. The first-order valence-electron chi connectivity index (χ1n) is 6.84. The summed E-state index contributed by atoms with van der Waals surface area (Å²) in [5.41, 5.74) is 2.17. The van der Waals surface area contributed by atoms with Crippen LogP contribution in [0.15, 0.2) is 30.3 Å². The highest BCUT2D eigenvalue weighted by molar-refractivity contribution is 6.30. The Morgan fingerprint density at radius 3 is 2.86 bits per heavy atom. The van der Waals surface area contributed by atoms with Crippen molar-refractivity contribution in [3.63, 3.8) is 0 Å². The maximum atomic E-state index is 13.7. The second-order valence-corrected chi connectivity index (χ2v) is 5.14. The average Bonchev–Trinajstić information content (AvgIpc) is 2.47. The Labute approximate surface area is 129 Å². The molecule has 0 bridgehead atoms. The summed E-state index contributed by atoms with van der Waals surface area (Å²) in [4.78, 5) is 4.46. The van der Waals surface area contributed by atoms with Crippen LogP contribution in [0.25, 0.3) is 0 Å². The summed E-state index contributed by atoms with van der Waals surface area (Å²) in [6.07, 6.45) is 0. The summed E-state index contributed by atoms with van der Waals surface area (Å²) in [6, 6.07) is 8.16. The van der Waals surface area contributed by atoms with Gasteiger partial charge in [-0.3, -0.25) is 4.98 Å². The topological polar surface area (TPSA) is 34.2 Å². The van der Waals surface area contributed by atoms with Gasteiger partial charge >= 0.3 is 0 Å². The van der Waals surface area contributed by atoms with Gasteiger partial charge in [0.1, 0.15) is 18.2 Å². The standard InChI is InChI=1S/C16H18ClFN2O/c1-3-19-9-15-16(7-4-11(2)20-15)21-10-12-8-13(17)5-6-14(12)18/h4-8,19H,3,9-10H2,1-2H3. The van der Waals surface area contributed by atoms with Crippen molar-refractivity contribution in [3.05, 3.63) is 58.1 Å². The molecule has 1 N–H and O–H groups in total. The monoisotopic (exact) mass is 308 g/mol. The molecule has 0 amide bonds. The van der Waals surface area contributed by atoms with Crippen LogP contribution in [0.1, 0.15) is 23.9 Å². The van der Waals surface area contributed by atoms with Gasteiger partial charge in [-0.15, -0.1) is 0 Å². The van der Waals surface area contributed by atoms with Crippen LogP contribution in [0, 0.1) is 12.7 Å². The number of rotatable bonds is 6. The van der Waals surface area contributed by atoms with Crippen molar-refractivity contribution in [3.8, 4) is 5.75 Å². The summed E-state index contributed by atoms with van der Waals surface area (Å²) in [5, 5.41) is 3.70. The van der Waals surface area contributed by atoms with Crippen molar-refractivity contribution in [2.45, 2.75) is 27.0 Å². The van der Waals surface area contributed by atoms with Crippen LogP contribution < -0.4 is 10.1 Å². The van der Waals surface area contributed by atoms with E-state index in [1.807, 2.05) is 26.0 Å². The molecule has 0 aliphatic rings. The molecule has 112 valence electrons. The summed E-state index contributed by atoms with van der Waals surface area (Å²) in [7, 11) is 0. The van der Waals surface area contributed by atoms with Crippen LogP contribution in [-0.4, -0.2) is 11.5 Å². The molecule has 0 saturated carbocycles. The third-order valence-corrected chi connectivity index (χ3v) is 3.24. The lowest BCUT2D eigenvalue weighted by molar-refractivity contribution is 0.294. The molecule has 0 aliphatic carbocycles. The Morgan fingerprint density at radius 2 is 2.10 bits per heavy atom. The van der Waals surface area contributed by atoms with Crippen LogP contribution in [0.2, 0.25) is 5.02 Å². The summed E-state index contributed by atoms with van der Waals surface area (Å²) in [5.74, 6) is 0.327. The Kier molecular flexibility index (Phi) is 5.53. The number of pyridine rings is 1. The van der Waals surface area contributed by atoms with Crippen molar-refractivity contribution < 1.29 is 9.13 Å². The van der Waals surface area contributed by atoms with Crippen LogP contribution in [0.3, 0.4) is 0 Å². The molecule has 3 nitrogen and oxygen atoms in total. The molecule has 1 heterocycles. The normalized spacial score (nSPS) is 10.7. The van der Waals surface area contributed by atoms with E-state index in [-0.39, 0.29) is 12.4 Å². The smallest absolute Gasteiger partial charge is 0.142 e. The minimum Gasteiger partial charge on any atom is -0.487 e. The molecule has 0 radical (unpaired) electrons. The van der Waals surface area contributed by atoms with Gasteiger partial charge in [-0.2, -0.15) is 0 Å². The number of benzene rings is 1. The predicted octanol–water partition coefficient (Wildman–Crippen LogP) is 3.87. The quantitative estimate of drug-likeness (QED) is 0.879. The van der Waals surface area contributed by atoms with Gasteiger partial charge in [-0.25, -0.2) is 4.39 Å². The van der Waals surface area contributed by atoms with E-state index in [4.69, 9.17) is 16.3 Å². The van der Waals surface area contributed by atoms with Gasteiger partial charge in [0.05, 0.1) is 5.69 Å². The first-order chi connectivity index (χ1) is 10.1. The van der Waals surface area contributed by atoms with Gasteiger partial charge in [0.25, 0.3) is 0 Å². The molecule has 1 aromatic carbocycles. The summed E-state index contributed by atoms with van der Waals surface area (Å²) in [6.45, 7) is 5.54. The van der Waals surface area contributed by atoms with Gasteiger partial charge in [-0.05, 0) is 43.8 Å². The van der Waals surface area contributed by atoms with Crippen LogP contribution >= 0.6 is 11.6 Å². The number of nitrogens with one attached hydrogen (secondary N) is 1. The van der Waals surface area contributed by atoms with Crippen molar-refractivity contribution in [1.82, 2.24) is 10.3 Å². The van der Waals surface area contributed by atoms with Gasteiger partial charge in [0, 0.05) is 22.8 Å². The number of aryl methyl sites for hydroxylation is 1. The highest BCUT2D eigenvalue weighted by Crippen LogP contribution is 2.21. The van der Waals surface area contributed by atoms with Gasteiger partial charge in [-0.1, -0.05) is 18.5 Å². The van der Waals surface area contributed by atoms with Crippen LogP contribution in [-0.2, 0) is 13.2 Å². The van der Waals surface area contributed by atoms with Crippen LogP contribution in [0.4, 0.5) is 4.39 Å². The second-order valence-electron chi connectivity index (χ2n) is 4.70. The third kappa shape index (κ3) is 4.41. The van der Waals surface area contributed by atoms with Gasteiger partial charge in [0.15, 0.2) is 0 Å². The molecule has 0 saturated heterocycles. The molecule has 0 spiro atoms. The SMILES string of the molecule is CCNCc1nc(C)ccc1OCc1cc(Cl)ccc1F. The van der Waals surface area contributed by atoms with E-state index < -0.39 is 0 Å². The zero-order chi connectivity index (χ0) is 15.2. The fourth-order valence-electron chi connectivity index (χ4n) is 1.91. The van der Waals surface area contributed by atoms with E-state index in [1.54, 1.807) is 6.07 Å². The summed E-state index contributed by atoms with van der Waals surface area (Å²) < 4.78 is 19.4. The molecule has 2 aromatic rings. The molecule has 0 unspecified atom stereocenters. The minimum atomic E-state index is -0.326. The fourth-order valence-corrected chi connectivity index (χ4v) is 2.10. The lowest BCUT2D eigenvalue weighted by atomic mass is 10.2. The number of aromatic nitrogens is 1. The zero-order valence-corrected chi connectivity index (χ0v) is 12.9. The Balaban J connectivity index is 2.13. The molecule has 1 aromatic heterocycles. The lowest BCUT2D eigenvalue weighted by Gasteiger charge is -2.12. The van der Waals surface area contributed by atoms with Crippen molar-refractivity contribution in [2.75, 3.05) is 6.54 Å². The predicted molar refractivity (Wildman–Crippen MR) is 82.1 cm³/mol. The molecule has 0 aliphatic heterocycles. The maximum Gasteiger partial charge on any atom is 0.142 e. The number of hydrogen-bond acceptors (Lipinski definition) is 3. The first-order valence-corrected chi connectivity index (χ1v) is 7.22. The number of halogens is 2. The molecule has 5 heteroatoms. The number of nitrogens with zero attached hydrogens (tertiary/aromatic N) is 1. The Morgan fingerprint density at radius 1 is 1.29 bits per heavy atom. The zero-order valence-electron chi connectivity index (χ0n) is 12.1. The molecular formula is C16H18ClFN2O. The minimum absolute atomic E-state index is 0.121. The first kappa shape index (κ1) is 15.7. The third-order valence-electron chi connectivity index (χ3n) is 3.01. The summed E-state index contributed by atoms with van der Waals surface area (Å²) >= 11 is 5.87. The lowest BCUT2D eigenvalue weighted by Crippen LogP contribution is -2.14. The van der Waals surface area contributed by atoms with Gasteiger partial charge in [0.2, 0.25) is 0 Å². The largest absolute Gasteiger partial charge is 0.487 e. The Hall–Kier alpha value is -1.65.